The standard InChI is InChI=1S/C20H21FN4O4S/c1-11-7-14(25-30(3,4)28)9-16-18(11)19(23-10-22-16)24-15-6-5-13(21)8-17(15)29-12(2)20(26)27/h5-10,12H,3H2,1-2,4H3,(H,25,28)(H,26,27)(H,22,23,24). The summed E-state index contributed by atoms with van der Waals surface area (Å²) in [5.74, 6) is 2.31. The first-order valence-electron chi connectivity index (χ1n) is 8.85. The fourth-order valence-corrected chi connectivity index (χ4v) is 3.48. The van der Waals surface area contributed by atoms with Crippen molar-refractivity contribution in [2.24, 2.45) is 0 Å². The third-order valence-corrected chi connectivity index (χ3v) is 4.78. The summed E-state index contributed by atoms with van der Waals surface area (Å²) >= 11 is 0. The summed E-state index contributed by atoms with van der Waals surface area (Å²) in [5, 5.41) is 12.8. The summed E-state index contributed by atoms with van der Waals surface area (Å²) in [4.78, 5) is 19.7. The number of carboxylic acids is 1. The second kappa shape index (κ2) is 8.15. The van der Waals surface area contributed by atoms with Crippen molar-refractivity contribution < 1.29 is 23.2 Å². The zero-order valence-electron chi connectivity index (χ0n) is 16.6. The number of hydrogen-bond donors (Lipinski definition) is 3. The summed E-state index contributed by atoms with van der Waals surface area (Å²) in [7, 11) is -2.46. The number of aryl methyl sites for hydroxylation is 1. The van der Waals surface area contributed by atoms with Crippen LogP contribution in [0.4, 0.5) is 21.6 Å². The fraction of sp³-hybridized carbons (Fsp3) is 0.200. The van der Waals surface area contributed by atoms with Gasteiger partial charge in [0.2, 0.25) is 0 Å². The predicted molar refractivity (Wildman–Crippen MR) is 116 cm³/mol. The molecule has 0 radical (unpaired) electrons. The predicted octanol–water partition coefficient (Wildman–Crippen LogP) is 3.35. The Morgan fingerprint density at radius 3 is 2.70 bits per heavy atom. The van der Waals surface area contributed by atoms with E-state index in [1.165, 1.54) is 31.6 Å². The number of anilines is 3. The van der Waals surface area contributed by atoms with E-state index in [1.807, 2.05) is 6.92 Å². The molecule has 0 bridgehead atoms. The number of benzene rings is 2. The Hall–Kier alpha value is -3.40. The lowest BCUT2D eigenvalue weighted by Crippen LogP contribution is -2.23. The molecule has 0 saturated carbocycles. The van der Waals surface area contributed by atoms with Crippen LogP contribution in [0.25, 0.3) is 10.9 Å². The molecule has 0 aliphatic carbocycles. The average Bonchev–Trinajstić information content (AvgIpc) is 2.62. The molecule has 0 aliphatic rings. The largest absolute Gasteiger partial charge is 0.479 e. The third kappa shape index (κ3) is 4.95. The maximum atomic E-state index is 13.7. The number of nitrogens with zero attached hydrogens (tertiary/aromatic N) is 2. The molecule has 0 saturated heterocycles. The van der Waals surface area contributed by atoms with Crippen LogP contribution in [0.5, 0.6) is 5.75 Å². The van der Waals surface area contributed by atoms with Crippen LogP contribution in [0.15, 0.2) is 36.7 Å². The van der Waals surface area contributed by atoms with Gasteiger partial charge >= 0.3 is 5.97 Å². The van der Waals surface area contributed by atoms with Gasteiger partial charge in [-0.3, -0.25) is 0 Å². The number of fused-ring (bicyclic) bond motifs is 1. The highest BCUT2D eigenvalue weighted by Crippen LogP contribution is 2.33. The highest BCUT2D eigenvalue weighted by Gasteiger charge is 2.17. The highest BCUT2D eigenvalue weighted by atomic mass is 32.2. The maximum Gasteiger partial charge on any atom is 0.344 e. The first-order valence-corrected chi connectivity index (χ1v) is 11.0. The lowest BCUT2D eigenvalue weighted by Gasteiger charge is -2.17. The molecule has 3 N–H and O–H groups in total. The van der Waals surface area contributed by atoms with Crippen LogP contribution in [0, 0.1) is 12.7 Å². The number of ether oxygens (including phenoxy) is 1. The molecule has 1 heterocycles. The Morgan fingerprint density at radius 2 is 2.03 bits per heavy atom. The number of halogens is 1. The second-order valence-corrected chi connectivity index (χ2v) is 9.09. The zero-order chi connectivity index (χ0) is 22.1. The fourth-order valence-electron chi connectivity index (χ4n) is 2.86. The molecule has 158 valence electrons. The highest BCUT2D eigenvalue weighted by molar-refractivity contribution is 8.00. The van der Waals surface area contributed by atoms with Crippen LogP contribution in [0.3, 0.4) is 0 Å². The lowest BCUT2D eigenvalue weighted by molar-refractivity contribution is -0.144. The van der Waals surface area contributed by atoms with E-state index in [9.17, 15) is 13.4 Å². The van der Waals surface area contributed by atoms with E-state index in [-0.39, 0.29) is 5.75 Å². The summed E-state index contributed by atoms with van der Waals surface area (Å²) in [6, 6.07) is 7.28. The van der Waals surface area contributed by atoms with Gasteiger partial charge in [0.15, 0.2) is 6.10 Å². The number of carbonyl (C=O) groups is 1. The number of nitrogens with one attached hydrogen (secondary N) is 2. The van der Waals surface area contributed by atoms with Gasteiger partial charge in [0, 0.05) is 33.1 Å². The molecule has 2 aromatic carbocycles. The van der Waals surface area contributed by atoms with E-state index < -0.39 is 27.6 Å². The van der Waals surface area contributed by atoms with Crippen molar-refractivity contribution in [1.82, 2.24) is 9.97 Å². The van der Waals surface area contributed by atoms with E-state index in [2.05, 4.69) is 25.9 Å². The molecular formula is C20H21FN4O4S. The topological polar surface area (TPSA) is 113 Å². The molecule has 8 nitrogen and oxygen atoms in total. The van der Waals surface area contributed by atoms with E-state index in [1.54, 1.807) is 12.1 Å². The molecule has 0 amide bonds. The van der Waals surface area contributed by atoms with E-state index in [4.69, 9.17) is 9.84 Å². The van der Waals surface area contributed by atoms with Crippen LogP contribution in [0.2, 0.25) is 0 Å². The van der Waals surface area contributed by atoms with Crippen molar-refractivity contribution in [2.45, 2.75) is 20.0 Å². The average molecular weight is 432 g/mol. The molecule has 0 spiro atoms. The molecule has 10 heteroatoms. The van der Waals surface area contributed by atoms with E-state index >= 15 is 0 Å². The number of rotatable bonds is 7. The quantitative estimate of drug-likeness (QED) is 0.491. The van der Waals surface area contributed by atoms with Gasteiger partial charge in [0.1, 0.15) is 23.7 Å². The molecule has 30 heavy (non-hydrogen) atoms. The number of carboxylic acid groups (broad SMARTS) is 1. The van der Waals surface area contributed by atoms with Gasteiger partial charge in [-0.25, -0.2) is 23.4 Å². The normalized spacial score (nSPS) is 14.0. The summed E-state index contributed by atoms with van der Waals surface area (Å²) in [6.07, 6.45) is 1.68. The minimum atomic E-state index is -2.46. The summed E-state index contributed by atoms with van der Waals surface area (Å²) < 4.78 is 33.9. The molecular weight excluding hydrogens is 411 g/mol. The second-order valence-electron chi connectivity index (χ2n) is 6.88. The molecule has 0 aliphatic heterocycles. The van der Waals surface area contributed by atoms with E-state index in [0.717, 1.165) is 11.6 Å². The minimum Gasteiger partial charge on any atom is -0.479 e. The van der Waals surface area contributed by atoms with Crippen LogP contribution >= 0.6 is 0 Å². The van der Waals surface area contributed by atoms with Crippen molar-refractivity contribution in [1.29, 1.82) is 0 Å². The van der Waals surface area contributed by atoms with Gasteiger partial charge in [-0.15, -0.1) is 0 Å². The first-order chi connectivity index (χ1) is 14.0. The Labute approximate surface area is 173 Å². The van der Waals surface area contributed by atoms with E-state index in [0.29, 0.717) is 28.1 Å². The van der Waals surface area contributed by atoms with Gasteiger partial charge in [-0.1, -0.05) is 0 Å². The van der Waals surface area contributed by atoms with Crippen LogP contribution in [-0.2, 0) is 14.5 Å². The number of aliphatic carboxylic acids is 1. The van der Waals surface area contributed by atoms with Crippen molar-refractivity contribution in [3.05, 3.63) is 48.0 Å². The van der Waals surface area contributed by atoms with Crippen LogP contribution < -0.4 is 14.8 Å². The lowest BCUT2D eigenvalue weighted by atomic mass is 10.1. The molecule has 2 atom stereocenters. The monoisotopic (exact) mass is 432 g/mol. The SMILES string of the molecule is C=S(C)(=O)Nc1cc(C)c2c(Nc3ccc(F)cc3OC(C)C(=O)O)ncnc2c1. The van der Waals surface area contributed by atoms with Gasteiger partial charge < -0.3 is 19.9 Å². The first kappa shape index (κ1) is 21.3. The maximum absolute atomic E-state index is 13.7. The Balaban J connectivity index is 2.03. The number of hydrogen-bond acceptors (Lipinski definition) is 6. The minimum absolute atomic E-state index is 0.0374. The smallest absolute Gasteiger partial charge is 0.344 e. The molecule has 1 aromatic heterocycles. The van der Waals surface area contributed by atoms with Crippen molar-refractivity contribution in [3.8, 4) is 5.75 Å². The summed E-state index contributed by atoms with van der Waals surface area (Å²) in [6.45, 7) is 3.20. The Morgan fingerprint density at radius 1 is 1.30 bits per heavy atom. The van der Waals surface area contributed by atoms with Crippen LogP contribution in [0.1, 0.15) is 12.5 Å². The number of aromatic nitrogens is 2. The van der Waals surface area contributed by atoms with Crippen molar-refractivity contribution in [3.63, 3.8) is 0 Å². The van der Waals surface area contributed by atoms with Crippen LogP contribution in [-0.4, -0.2) is 43.5 Å². The van der Waals surface area contributed by atoms with Gasteiger partial charge in [-0.05, 0) is 49.5 Å². The summed E-state index contributed by atoms with van der Waals surface area (Å²) in [5.41, 5.74) is 2.33. The van der Waals surface area contributed by atoms with Crippen molar-refractivity contribution >= 4 is 49.6 Å². The van der Waals surface area contributed by atoms with Gasteiger partial charge in [-0.2, -0.15) is 0 Å². The van der Waals surface area contributed by atoms with Gasteiger partial charge in [0.05, 0.1) is 11.2 Å². The molecule has 3 rings (SSSR count). The Kier molecular flexibility index (Phi) is 5.79. The molecule has 0 fully saturated rings. The van der Waals surface area contributed by atoms with Gasteiger partial charge in [0.25, 0.3) is 0 Å². The zero-order valence-corrected chi connectivity index (χ0v) is 17.4. The van der Waals surface area contributed by atoms with Crippen molar-refractivity contribution in [2.75, 3.05) is 16.3 Å². The molecule has 3 aromatic rings. The Bertz CT molecular complexity index is 1230. The third-order valence-electron chi connectivity index (χ3n) is 4.12. The molecule has 2 unspecified atom stereocenters.